The van der Waals surface area contributed by atoms with E-state index in [1.165, 1.54) is 12.8 Å². The summed E-state index contributed by atoms with van der Waals surface area (Å²) in [5, 5.41) is 3.55. The lowest BCUT2D eigenvalue weighted by molar-refractivity contribution is 0.0710. The molecule has 2 aliphatic heterocycles. The fourth-order valence-corrected chi connectivity index (χ4v) is 4.23. The number of nitrogens with zero attached hydrogens (tertiary/aromatic N) is 1. The van der Waals surface area contributed by atoms with Gasteiger partial charge in [-0.2, -0.15) is 0 Å². The highest BCUT2D eigenvalue weighted by molar-refractivity contribution is 14.1. The van der Waals surface area contributed by atoms with Crippen molar-refractivity contribution in [1.29, 1.82) is 0 Å². The lowest BCUT2D eigenvalue weighted by atomic mass is 10.0. The Kier molecular flexibility index (Phi) is 4.67. The smallest absolute Gasteiger partial charge is 0.255 e. The zero-order chi connectivity index (χ0) is 14.1. The number of rotatable bonds is 2. The van der Waals surface area contributed by atoms with Gasteiger partial charge in [0.25, 0.3) is 5.91 Å². The molecule has 3 rings (SSSR count). The highest BCUT2D eigenvalue weighted by atomic mass is 127. The molecule has 2 atom stereocenters. The van der Waals surface area contributed by atoms with Gasteiger partial charge in [-0.25, -0.2) is 0 Å². The normalized spacial score (nSPS) is 26.2. The van der Waals surface area contributed by atoms with Crippen LogP contribution in [0.1, 0.15) is 36.0 Å². The van der Waals surface area contributed by atoms with Crippen molar-refractivity contribution in [2.24, 2.45) is 0 Å². The van der Waals surface area contributed by atoms with Crippen molar-refractivity contribution in [3.63, 3.8) is 0 Å². The minimum absolute atomic E-state index is 0.173. The van der Waals surface area contributed by atoms with Crippen LogP contribution in [0, 0.1) is 3.57 Å². The summed E-state index contributed by atoms with van der Waals surface area (Å²) in [6.07, 6.45) is 4.68. The van der Waals surface area contributed by atoms with Crippen LogP contribution < -0.4 is 5.32 Å². The average Bonchev–Trinajstić information content (AvgIpc) is 3.10. The predicted molar refractivity (Wildman–Crippen MR) is 91.9 cm³/mol. The van der Waals surface area contributed by atoms with E-state index in [0.29, 0.717) is 12.1 Å². The van der Waals surface area contributed by atoms with Crippen LogP contribution in [0.3, 0.4) is 0 Å². The number of nitrogens with one attached hydrogen (secondary N) is 1. The molecule has 1 aromatic carbocycles. The quantitative estimate of drug-likeness (QED) is 0.703. The number of carbonyl (C=O) groups is 1. The minimum Gasteiger partial charge on any atom is -0.334 e. The van der Waals surface area contributed by atoms with Crippen molar-refractivity contribution >= 4 is 44.4 Å². The van der Waals surface area contributed by atoms with Crippen LogP contribution in [0.2, 0.25) is 0 Å². The maximum atomic E-state index is 12.9. The SMILES string of the molecule is O=C(c1cc(I)ccc1Br)N1CCCC1C1CCCN1. The molecule has 5 heteroatoms. The first-order valence-electron chi connectivity index (χ1n) is 7.16. The van der Waals surface area contributed by atoms with Gasteiger partial charge in [0.2, 0.25) is 0 Å². The summed E-state index contributed by atoms with van der Waals surface area (Å²) in [5.74, 6) is 0.173. The first kappa shape index (κ1) is 14.8. The number of benzene rings is 1. The Morgan fingerprint density at radius 1 is 1.35 bits per heavy atom. The second kappa shape index (κ2) is 6.32. The molecule has 0 aliphatic carbocycles. The van der Waals surface area contributed by atoms with E-state index in [4.69, 9.17) is 0 Å². The number of carbonyl (C=O) groups excluding carboxylic acids is 1. The van der Waals surface area contributed by atoms with Gasteiger partial charge >= 0.3 is 0 Å². The molecule has 108 valence electrons. The summed E-state index contributed by atoms with van der Waals surface area (Å²) in [7, 11) is 0. The van der Waals surface area contributed by atoms with Gasteiger partial charge in [0.1, 0.15) is 0 Å². The van der Waals surface area contributed by atoms with Crippen LogP contribution in [0.25, 0.3) is 0 Å². The lowest BCUT2D eigenvalue weighted by Crippen LogP contribution is -2.46. The predicted octanol–water partition coefficient (Wildman–Crippen LogP) is 3.41. The van der Waals surface area contributed by atoms with Crippen LogP contribution in [0.15, 0.2) is 22.7 Å². The fraction of sp³-hybridized carbons (Fsp3) is 0.533. The molecule has 2 aliphatic rings. The van der Waals surface area contributed by atoms with Crippen molar-refractivity contribution in [2.45, 2.75) is 37.8 Å². The second-order valence-electron chi connectivity index (χ2n) is 5.54. The topological polar surface area (TPSA) is 32.3 Å². The van der Waals surface area contributed by atoms with Crippen molar-refractivity contribution in [2.75, 3.05) is 13.1 Å². The summed E-state index contributed by atoms with van der Waals surface area (Å²) in [5.41, 5.74) is 0.793. The van der Waals surface area contributed by atoms with Crippen LogP contribution in [0.5, 0.6) is 0 Å². The van der Waals surface area contributed by atoms with E-state index < -0.39 is 0 Å². The Hall–Kier alpha value is -0.140. The molecular weight excluding hydrogens is 431 g/mol. The Labute approximate surface area is 141 Å². The largest absolute Gasteiger partial charge is 0.334 e. The Morgan fingerprint density at radius 2 is 2.20 bits per heavy atom. The third-order valence-electron chi connectivity index (χ3n) is 4.28. The minimum atomic E-state index is 0.173. The summed E-state index contributed by atoms with van der Waals surface area (Å²) < 4.78 is 2.00. The van der Waals surface area contributed by atoms with E-state index >= 15 is 0 Å². The first-order valence-corrected chi connectivity index (χ1v) is 9.03. The Bertz CT molecular complexity index is 517. The lowest BCUT2D eigenvalue weighted by Gasteiger charge is -2.30. The zero-order valence-electron chi connectivity index (χ0n) is 11.2. The van der Waals surface area contributed by atoms with Crippen LogP contribution in [-0.4, -0.2) is 36.0 Å². The van der Waals surface area contributed by atoms with Crippen molar-refractivity contribution in [3.8, 4) is 0 Å². The maximum absolute atomic E-state index is 12.9. The molecule has 0 aromatic heterocycles. The Balaban J connectivity index is 1.83. The molecule has 2 saturated heterocycles. The van der Waals surface area contributed by atoms with Crippen LogP contribution >= 0.6 is 38.5 Å². The summed E-state index contributed by atoms with van der Waals surface area (Å²) in [6, 6.07) is 6.82. The monoisotopic (exact) mass is 448 g/mol. The Morgan fingerprint density at radius 3 is 2.95 bits per heavy atom. The average molecular weight is 449 g/mol. The van der Waals surface area contributed by atoms with E-state index in [-0.39, 0.29) is 5.91 Å². The number of halogens is 2. The van der Waals surface area contributed by atoms with Gasteiger partial charge in [0.15, 0.2) is 0 Å². The number of likely N-dealkylation sites (tertiary alicyclic amines) is 1. The number of hydrogen-bond acceptors (Lipinski definition) is 2. The molecular formula is C15H18BrIN2O. The number of amides is 1. The van der Waals surface area contributed by atoms with Gasteiger partial charge in [-0.05, 0) is 88.9 Å². The van der Waals surface area contributed by atoms with E-state index in [9.17, 15) is 4.79 Å². The molecule has 3 nitrogen and oxygen atoms in total. The van der Waals surface area contributed by atoms with Crippen LogP contribution in [-0.2, 0) is 0 Å². The molecule has 0 bridgehead atoms. The molecule has 0 saturated carbocycles. The molecule has 1 N–H and O–H groups in total. The first-order chi connectivity index (χ1) is 9.66. The van der Waals surface area contributed by atoms with Gasteiger partial charge in [-0.1, -0.05) is 0 Å². The molecule has 2 unspecified atom stereocenters. The van der Waals surface area contributed by atoms with Gasteiger partial charge in [0.05, 0.1) is 5.56 Å². The summed E-state index contributed by atoms with van der Waals surface area (Å²) in [4.78, 5) is 14.9. The zero-order valence-corrected chi connectivity index (χ0v) is 15.0. The molecule has 0 radical (unpaired) electrons. The molecule has 2 heterocycles. The number of hydrogen-bond donors (Lipinski definition) is 1. The summed E-state index contributed by atoms with van der Waals surface area (Å²) >= 11 is 5.77. The summed E-state index contributed by atoms with van der Waals surface area (Å²) in [6.45, 7) is 1.98. The molecule has 0 spiro atoms. The van der Waals surface area contributed by atoms with Gasteiger partial charge in [0, 0.05) is 26.7 Å². The standard InChI is InChI=1S/C15H18BrIN2O/c16-12-6-5-10(17)9-11(12)15(20)19-8-2-4-14(19)13-3-1-7-18-13/h5-6,9,13-14,18H,1-4,7-8H2. The van der Waals surface area contributed by atoms with Gasteiger partial charge < -0.3 is 10.2 Å². The van der Waals surface area contributed by atoms with E-state index in [2.05, 4.69) is 48.7 Å². The molecule has 1 amide bonds. The van der Waals surface area contributed by atoms with Crippen molar-refractivity contribution < 1.29 is 4.79 Å². The molecule has 1 aromatic rings. The van der Waals surface area contributed by atoms with Gasteiger partial charge in [-0.15, -0.1) is 0 Å². The van der Waals surface area contributed by atoms with E-state index in [1.807, 2.05) is 18.2 Å². The maximum Gasteiger partial charge on any atom is 0.255 e. The highest BCUT2D eigenvalue weighted by Gasteiger charge is 2.36. The molecule has 20 heavy (non-hydrogen) atoms. The molecule has 2 fully saturated rings. The third-order valence-corrected chi connectivity index (χ3v) is 5.64. The van der Waals surface area contributed by atoms with Gasteiger partial charge in [-0.3, -0.25) is 4.79 Å². The van der Waals surface area contributed by atoms with Crippen molar-refractivity contribution in [3.05, 3.63) is 31.8 Å². The second-order valence-corrected chi connectivity index (χ2v) is 7.64. The van der Waals surface area contributed by atoms with E-state index in [0.717, 1.165) is 39.5 Å². The van der Waals surface area contributed by atoms with E-state index in [1.54, 1.807) is 0 Å². The van der Waals surface area contributed by atoms with Crippen molar-refractivity contribution in [1.82, 2.24) is 10.2 Å². The fourth-order valence-electron chi connectivity index (χ4n) is 3.32. The highest BCUT2D eigenvalue weighted by Crippen LogP contribution is 2.29. The van der Waals surface area contributed by atoms with Crippen LogP contribution in [0.4, 0.5) is 0 Å². The third kappa shape index (κ3) is 2.90.